The summed E-state index contributed by atoms with van der Waals surface area (Å²) in [7, 11) is -6.28. The molecule has 1 saturated carbocycles. The number of nitrogens with one attached hydrogen (secondary N) is 1. The molecule has 2 aromatic rings. The molecular formula is C24H32Cl2FN3O4SSi. The molecule has 0 spiro atoms. The molecule has 1 N–H and O–H groups in total. The summed E-state index contributed by atoms with van der Waals surface area (Å²) in [4.78, 5) is 17.8. The quantitative estimate of drug-likeness (QED) is 0.326. The van der Waals surface area contributed by atoms with E-state index in [9.17, 15) is 9.00 Å². The zero-order valence-corrected chi connectivity index (χ0v) is 24.8. The third-order valence-electron chi connectivity index (χ3n) is 6.38. The van der Waals surface area contributed by atoms with Gasteiger partial charge in [-0.25, -0.2) is 18.4 Å². The molecule has 1 aromatic carbocycles. The minimum atomic E-state index is -3.45. The van der Waals surface area contributed by atoms with Gasteiger partial charge in [-0.3, -0.25) is 8.77 Å². The Balaban J connectivity index is 1.97. The molecule has 1 aliphatic carbocycles. The number of hydrogen-bond acceptors (Lipinski definition) is 6. The summed E-state index contributed by atoms with van der Waals surface area (Å²) in [5, 5.41) is -0.643. The Bertz CT molecular complexity index is 1280. The first-order valence-corrected chi connectivity index (χ1v) is 16.9. The molecule has 0 saturated heterocycles. The lowest BCUT2D eigenvalue weighted by atomic mass is 10.2. The van der Waals surface area contributed by atoms with Crippen LogP contribution in [-0.4, -0.2) is 38.7 Å². The van der Waals surface area contributed by atoms with Crippen LogP contribution in [0.25, 0.3) is 0 Å². The van der Waals surface area contributed by atoms with E-state index in [4.69, 9.17) is 37.5 Å². The molecule has 0 radical (unpaired) electrons. The number of nitrogens with zero attached hydrogens (tertiary/aromatic N) is 2. The average Bonchev–Trinajstić information content (AvgIpc) is 3.57. The summed E-state index contributed by atoms with van der Waals surface area (Å²) in [5.74, 6) is -1.30. The van der Waals surface area contributed by atoms with Gasteiger partial charge in [-0.05, 0) is 37.8 Å². The second-order valence-electron chi connectivity index (χ2n) is 10.7. The monoisotopic (exact) mass is 575 g/mol. The Labute approximate surface area is 223 Å². The first-order chi connectivity index (χ1) is 16.5. The molecule has 36 heavy (non-hydrogen) atoms. The van der Waals surface area contributed by atoms with E-state index in [0.29, 0.717) is 12.8 Å². The van der Waals surface area contributed by atoms with Gasteiger partial charge in [0.15, 0.2) is 8.24 Å². The number of benzene rings is 1. The lowest BCUT2D eigenvalue weighted by Gasteiger charge is -2.46. The summed E-state index contributed by atoms with van der Waals surface area (Å²) in [6.07, 6.45) is 2.45. The highest BCUT2D eigenvalue weighted by Gasteiger charge is 2.52. The lowest BCUT2D eigenvalue weighted by Crippen LogP contribution is -2.60. The van der Waals surface area contributed by atoms with Crippen LogP contribution < -0.4 is 9.47 Å². The number of carbonyl (C=O) groups is 1. The lowest BCUT2D eigenvalue weighted by molar-refractivity contribution is 0.0909. The van der Waals surface area contributed by atoms with Crippen molar-refractivity contribution in [3.05, 3.63) is 45.8 Å². The Morgan fingerprint density at radius 2 is 1.83 bits per heavy atom. The van der Waals surface area contributed by atoms with E-state index >= 15 is 4.39 Å². The van der Waals surface area contributed by atoms with Crippen LogP contribution >= 0.6 is 23.2 Å². The molecule has 1 amide bonds. The molecule has 1 heterocycles. The van der Waals surface area contributed by atoms with Gasteiger partial charge in [0.05, 0.1) is 28.1 Å². The maximum Gasteiger partial charge on any atom is 0.261 e. The number of aromatic nitrogens is 1. The molecule has 0 bridgehead atoms. The van der Waals surface area contributed by atoms with Gasteiger partial charge in [0.2, 0.25) is 5.88 Å². The second kappa shape index (κ2) is 10.1. The zero-order valence-electron chi connectivity index (χ0n) is 21.4. The summed E-state index contributed by atoms with van der Waals surface area (Å²) >= 11 is 12.6. The highest BCUT2D eigenvalue weighted by molar-refractivity contribution is 7.93. The van der Waals surface area contributed by atoms with Gasteiger partial charge in [-0.2, -0.15) is 0 Å². The largest absolute Gasteiger partial charge is 0.474 e. The summed E-state index contributed by atoms with van der Waals surface area (Å²) < 4.78 is 49.9. The van der Waals surface area contributed by atoms with Crippen LogP contribution in [-0.2, 0) is 9.92 Å². The molecule has 12 heteroatoms. The molecular weight excluding hydrogens is 544 g/mol. The van der Waals surface area contributed by atoms with Gasteiger partial charge < -0.3 is 9.47 Å². The van der Waals surface area contributed by atoms with Crippen molar-refractivity contribution in [2.75, 3.05) is 0 Å². The number of hydrogen-bond donors (Lipinski definition) is 1. The van der Waals surface area contributed by atoms with Crippen molar-refractivity contribution >= 4 is 47.3 Å². The fourth-order valence-corrected chi connectivity index (χ4v) is 10.4. The molecule has 1 fully saturated rings. The molecule has 3 rings (SSSR count). The Morgan fingerprint density at radius 1 is 1.22 bits per heavy atom. The molecule has 1 aromatic heterocycles. The van der Waals surface area contributed by atoms with Crippen LogP contribution in [0.3, 0.4) is 0 Å². The van der Waals surface area contributed by atoms with Crippen molar-refractivity contribution in [2.45, 2.75) is 76.9 Å². The molecule has 7 nitrogen and oxygen atoms in total. The SMILES string of the molecule is CC(C)Oc1ncc(Oc2cc(F)c(C(=O)N([Si](C)(C)C(C)(C)C)S(=N)(=O)C3CC3)cc2Cl)cc1Cl. The fourth-order valence-electron chi connectivity index (χ4n) is 3.34. The van der Waals surface area contributed by atoms with Crippen LogP contribution in [0.2, 0.25) is 28.2 Å². The molecule has 1 atom stereocenters. The van der Waals surface area contributed by atoms with Crippen molar-refractivity contribution in [2.24, 2.45) is 0 Å². The molecule has 0 aliphatic heterocycles. The van der Waals surface area contributed by atoms with E-state index in [2.05, 4.69) is 4.98 Å². The van der Waals surface area contributed by atoms with E-state index in [1.165, 1.54) is 16.2 Å². The number of rotatable bonds is 8. The van der Waals surface area contributed by atoms with Crippen LogP contribution in [0.5, 0.6) is 17.4 Å². The van der Waals surface area contributed by atoms with Crippen molar-refractivity contribution in [3.8, 4) is 17.4 Å². The maximum absolute atomic E-state index is 15.3. The van der Waals surface area contributed by atoms with E-state index in [-0.39, 0.29) is 39.1 Å². The second-order valence-corrected chi connectivity index (χ2v) is 19.0. The van der Waals surface area contributed by atoms with Gasteiger partial charge in [0.25, 0.3) is 5.91 Å². The minimum absolute atomic E-state index is 0.0311. The smallest absolute Gasteiger partial charge is 0.261 e. The normalized spacial score (nSPS) is 16.0. The van der Waals surface area contributed by atoms with Crippen LogP contribution in [0, 0.1) is 10.6 Å². The Hall–Kier alpha value is -1.88. The van der Waals surface area contributed by atoms with Gasteiger partial charge in [0.1, 0.15) is 32.3 Å². The van der Waals surface area contributed by atoms with Crippen LogP contribution in [0.15, 0.2) is 24.4 Å². The van der Waals surface area contributed by atoms with Gasteiger partial charge in [-0.15, -0.1) is 0 Å². The summed E-state index contributed by atoms with van der Waals surface area (Å²) in [5.41, 5.74) is -0.352. The maximum atomic E-state index is 15.3. The number of amides is 1. The molecule has 1 unspecified atom stereocenters. The summed E-state index contributed by atoms with van der Waals surface area (Å²) in [6.45, 7) is 13.3. The number of carbonyl (C=O) groups excluding carboxylic acids is 1. The van der Waals surface area contributed by atoms with E-state index < -0.39 is 40.2 Å². The number of pyridine rings is 1. The number of halogens is 3. The van der Waals surface area contributed by atoms with E-state index in [1.807, 2.05) is 47.7 Å². The Morgan fingerprint density at radius 3 is 2.33 bits per heavy atom. The Kier molecular flexibility index (Phi) is 8.06. The average molecular weight is 577 g/mol. The zero-order chi connectivity index (χ0) is 27.2. The van der Waals surface area contributed by atoms with Crippen LogP contribution in [0.4, 0.5) is 4.39 Å². The molecule has 1 aliphatic rings. The van der Waals surface area contributed by atoms with Crippen molar-refractivity contribution in [1.82, 2.24) is 8.95 Å². The highest BCUT2D eigenvalue weighted by Crippen LogP contribution is 2.44. The first-order valence-electron chi connectivity index (χ1n) is 11.6. The summed E-state index contributed by atoms with van der Waals surface area (Å²) in [6, 6.07) is 3.61. The third kappa shape index (κ3) is 5.82. The predicted molar refractivity (Wildman–Crippen MR) is 144 cm³/mol. The van der Waals surface area contributed by atoms with Gasteiger partial charge in [-0.1, -0.05) is 57.1 Å². The topological polar surface area (TPSA) is 92.6 Å². The highest BCUT2D eigenvalue weighted by atomic mass is 35.5. The minimum Gasteiger partial charge on any atom is -0.474 e. The third-order valence-corrected chi connectivity index (χ3v) is 16.1. The fraction of sp³-hybridized carbons (Fsp3) is 0.500. The van der Waals surface area contributed by atoms with Crippen LogP contribution in [0.1, 0.15) is 57.8 Å². The van der Waals surface area contributed by atoms with Gasteiger partial charge >= 0.3 is 0 Å². The van der Waals surface area contributed by atoms with Crippen molar-refractivity contribution in [1.29, 1.82) is 4.78 Å². The predicted octanol–water partition coefficient (Wildman–Crippen LogP) is 7.68. The van der Waals surface area contributed by atoms with Gasteiger partial charge in [0, 0.05) is 12.1 Å². The molecule has 198 valence electrons. The standard InChI is InChI=1S/C24H32Cl2FN3O4SSi/c1-14(2)33-22-19(26)10-15(13-29-22)34-21-12-20(27)17(11-18(21)25)23(31)30(35(28,32)16-8-9-16)36(6,7)24(3,4)5/h10-14,16,28H,8-9H2,1-7H3. The van der Waals surface area contributed by atoms with E-state index in [0.717, 1.165) is 12.1 Å². The first kappa shape index (κ1) is 28.7. The van der Waals surface area contributed by atoms with E-state index in [1.54, 1.807) is 0 Å². The van der Waals surface area contributed by atoms with Crippen molar-refractivity contribution < 1.29 is 22.9 Å². The number of ether oxygens (including phenoxy) is 2. The van der Waals surface area contributed by atoms with Crippen molar-refractivity contribution in [3.63, 3.8) is 0 Å².